The van der Waals surface area contributed by atoms with Crippen molar-refractivity contribution in [2.45, 2.75) is 65.0 Å². The van der Waals surface area contributed by atoms with Gasteiger partial charge in [-0.1, -0.05) is 38.3 Å². The number of hydrogen-bond donors (Lipinski definition) is 2. The summed E-state index contributed by atoms with van der Waals surface area (Å²) < 4.78 is 2.00. The van der Waals surface area contributed by atoms with Crippen LogP contribution in [-0.2, 0) is 6.54 Å². The Morgan fingerprint density at radius 2 is 2.32 bits per heavy atom. The second-order valence-corrected chi connectivity index (χ2v) is 5.73. The van der Waals surface area contributed by atoms with Gasteiger partial charge in [-0.05, 0) is 31.1 Å². The molecule has 2 rings (SSSR count). The van der Waals surface area contributed by atoms with Crippen molar-refractivity contribution in [2.75, 3.05) is 0 Å². The van der Waals surface area contributed by atoms with Gasteiger partial charge in [-0.3, -0.25) is 11.3 Å². The zero-order valence-corrected chi connectivity index (χ0v) is 12.2. The monoisotopic (exact) mass is 265 g/mol. The summed E-state index contributed by atoms with van der Waals surface area (Å²) in [5.74, 6) is 7.29. The molecule has 0 aliphatic heterocycles. The Hall–Kier alpha value is -0.940. The van der Waals surface area contributed by atoms with E-state index in [1.807, 2.05) is 10.9 Å². The number of nitrogens with one attached hydrogen (secondary N) is 1. The first-order valence-electron chi connectivity index (χ1n) is 7.64. The van der Waals surface area contributed by atoms with Gasteiger partial charge in [0.15, 0.2) is 0 Å². The summed E-state index contributed by atoms with van der Waals surface area (Å²) in [6.45, 7) is 5.36. The SMILES string of the molecule is CCCn1nncc1C(NN)C1CCCC(CC)C1. The van der Waals surface area contributed by atoms with Crippen LogP contribution in [0.25, 0.3) is 0 Å². The molecule has 5 heteroatoms. The Morgan fingerprint density at radius 1 is 1.47 bits per heavy atom. The fraction of sp³-hybridized carbons (Fsp3) is 0.857. The number of hydrogen-bond acceptors (Lipinski definition) is 4. The van der Waals surface area contributed by atoms with E-state index in [2.05, 4.69) is 29.6 Å². The maximum Gasteiger partial charge on any atom is 0.0772 e. The van der Waals surface area contributed by atoms with E-state index >= 15 is 0 Å². The van der Waals surface area contributed by atoms with Crippen molar-refractivity contribution in [2.24, 2.45) is 17.7 Å². The molecule has 0 spiro atoms. The summed E-state index contributed by atoms with van der Waals surface area (Å²) in [4.78, 5) is 0. The van der Waals surface area contributed by atoms with Crippen LogP contribution in [0.5, 0.6) is 0 Å². The topological polar surface area (TPSA) is 68.8 Å². The molecule has 0 radical (unpaired) electrons. The van der Waals surface area contributed by atoms with Crippen LogP contribution in [0.1, 0.15) is 64.1 Å². The second-order valence-electron chi connectivity index (χ2n) is 5.73. The van der Waals surface area contributed by atoms with E-state index in [0.717, 1.165) is 24.6 Å². The Bertz CT molecular complexity index is 376. The molecular weight excluding hydrogens is 238 g/mol. The molecule has 108 valence electrons. The van der Waals surface area contributed by atoms with Gasteiger partial charge in [0.05, 0.1) is 17.9 Å². The Labute approximate surface area is 115 Å². The molecule has 1 fully saturated rings. The average Bonchev–Trinajstić information content (AvgIpc) is 2.89. The number of aryl methyl sites for hydroxylation is 1. The van der Waals surface area contributed by atoms with Crippen molar-refractivity contribution < 1.29 is 0 Å². The van der Waals surface area contributed by atoms with Gasteiger partial charge in [0.1, 0.15) is 0 Å². The highest BCUT2D eigenvalue weighted by atomic mass is 15.4. The van der Waals surface area contributed by atoms with Crippen LogP contribution in [0, 0.1) is 11.8 Å². The van der Waals surface area contributed by atoms with Gasteiger partial charge in [-0.2, -0.15) is 0 Å². The van der Waals surface area contributed by atoms with Crippen LogP contribution in [0.4, 0.5) is 0 Å². The third kappa shape index (κ3) is 3.34. The number of nitrogens with zero attached hydrogens (tertiary/aromatic N) is 3. The van der Waals surface area contributed by atoms with E-state index in [-0.39, 0.29) is 6.04 Å². The second kappa shape index (κ2) is 7.01. The third-order valence-electron chi connectivity index (χ3n) is 4.45. The minimum Gasteiger partial charge on any atom is -0.271 e. The summed E-state index contributed by atoms with van der Waals surface area (Å²) in [5.41, 5.74) is 4.16. The van der Waals surface area contributed by atoms with Gasteiger partial charge in [0, 0.05) is 6.54 Å². The van der Waals surface area contributed by atoms with Crippen molar-refractivity contribution in [1.82, 2.24) is 20.4 Å². The highest BCUT2D eigenvalue weighted by Gasteiger charge is 2.30. The van der Waals surface area contributed by atoms with Crippen molar-refractivity contribution >= 4 is 0 Å². The van der Waals surface area contributed by atoms with Crippen molar-refractivity contribution in [3.8, 4) is 0 Å². The first-order valence-corrected chi connectivity index (χ1v) is 7.64. The molecule has 1 aromatic rings. The number of hydrazine groups is 1. The molecule has 1 aliphatic carbocycles. The number of aromatic nitrogens is 3. The maximum absolute atomic E-state index is 5.83. The lowest BCUT2D eigenvalue weighted by molar-refractivity contribution is 0.204. The van der Waals surface area contributed by atoms with Crippen LogP contribution in [0.2, 0.25) is 0 Å². The lowest BCUT2D eigenvalue weighted by Gasteiger charge is -2.33. The van der Waals surface area contributed by atoms with E-state index in [0.29, 0.717) is 5.92 Å². The van der Waals surface area contributed by atoms with Crippen LogP contribution in [0.3, 0.4) is 0 Å². The normalized spacial score (nSPS) is 25.4. The maximum atomic E-state index is 5.83. The fourth-order valence-corrected chi connectivity index (χ4v) is 3.36. The molecule has 3 N–H and O–H groups in total. The van der Waals surface area contributed by atoms with Gasteiger partial charge >= 0.3 is 0 Å². The first kappa shape index (κ1) is 14.5. The number of nitrogens with two attached hydrogens (primary N) is 1. The molecule has 0 aromatic carbocycles. The molecule has 3 atom stereocenters. The molecule has 1 saturated carbocycles. The standard InChI is InChI=1S/C14H27N5/c1-3-8-19-13(10-16-18-19)14(17-15)12-7-5-6-11(4-2)9-12/h10-12,14,17H,3-9,15H2,1-2H3. The van der Waals surface area contributed by atoms with E-state index in [9.17, 15) is 0 Å². The molecule has 0 saturated heterocycles. The third-order valence-corrected chi connectivity index (χ3v) is 4.45. The highest BCUT2D eigenvalue weighted by molar-refractivity contribution is 5.05. The fourth-order valence-electron chi connectivity index (χ4n) is 3.36. The molecule has 1 aromatic heterocycles. The predicted molar refractivity (Wildman–Crippen MR) is 76.1 cm³/mol. The molecule has 1 aliphatic rings. The van der Waals surface area contributed by atoms with Gasteiger partial charge in [-0.25, -0.2) is 4.68 Å². The van der Waals surface area contributed by atoms with Gasteiger partial charge in [0.25, 0.3) is 0 Å². The highest BCUT2D eigenvalue weighted by Crippen LogP contribution is 2.37. The summed E-state index contributed by atoms with van der Waals surface area (Å²) >= 11 is 0. The van der Waals surface area contributed by atoms with E-state index < -0.39 is 0 Å². The Balaban J connectivity index is 2.12. The molecule has 19 heavy (non-hydrogen) atoms. The smallest absolute Gasteiger partial charge is 0.0772 e. The molecule has 0 bridgehead atoms. The van der Waals surface area contributed by atoms with Crippen molar-refractivity contribution in [3.05, 3.63) is 11.9 Å². The Kier molecular flexibility index (Phi) is 5.34. The largest absolute Gasteiger partial charge is 0.271 e. The van der Waals surface area contributed by atoms with E-state index in [4.69, 9.17) is 5.84 Å². The zero-order chi connectivity index (χ0) is 13.7. The molecule has 1 heterocycles. The lowest BCUT2D eigenvalue weighted by atomic mass is 9.76. The minimum atomic E-state index is 0.191. The Morgan fingerprint density at radius 3 is 3.00 bits per heavy atom. The van der Waals surface area contributed by atoms with Gasteiger partial charge in [0.2, 0.25) is 0 Å². The average molecular weight is 265 g/mol. The summed E-state index contributed by atoms with van der Waals surface area (Å²) in [6, 6.07) is 0.191. The van der Waals surface area contributed by atoms with Crippen LogP contribution < -0.4 is 11.3 Å². The number of rotatable bonds is 6. The zero-order valence-electron chi connectivity index (χ0n) is 12.2. The van der Waals surface area contributed by atoms with Crippen LogP contribution >= 0.6 is 0 Å². The quantitative estimate of drug-likeness (QED) is 0.612. The molecule has 0 amide bonds. The first-order chi connectivity index (χ1) is 9.30. The van der Waals surface area contributed by atoms with Gasteiger partial charge < -0.3 is 0 Å². The minimum absolute atomic E-state index is 0.191. The molecule has 3 unspecified atom stereocenters. The predicted octanol–water partition coefficient (Wildman–Crippen LogP) is 2.41. The van der Waals surface area contributed by atoms with Gasteiger partial charge in [-0.15, -0.1) is 5.10 Å². The van der Waals surface area contributed by atoms with Crippen molar-refractivity contribution in [3.63, 3.8) is 0 Å². The van der Waals surface area contributed by atoms with Crippen LogP contribution in [-0.4, -0.2) is 15.0 Å². The summed E-state index contributed by atoms with van der Waals surface area (Å²) in [5, 5.41) is 8.24. The van der Waals surface area contributed by atoms with E-state index in [1.54, 1.807) is 0 Å². The van der Waals surface area contributed by atoms with E-state index in [1.165, 1.54) is 32.1 Å². The molecule has 5 nitrogen and oxygen atoms in total. The summed E-state index contributed by atoms with van der Waals surface area (Å²) in [6.07, 6.45) is 9.42. The molecular formula is C14H27N5. The lowest BCUT2D eigenvalue weighted by Crippen LogP contribution is -2.37. The van der Waals surface area contributed by atoms with Crippen LogP contribution in [0.15, 0.2) is 6.20 Å². The van der Waals surface area contributed by atoms with Crippen molar-refractivity contribution in [1.29, 1.82) is 0 Å². The summed E-state index contributed by atoms with van der Waals surface area (Å²) in [7, 11) is 0.